The number of nitrogens with one attached hydrogen (secondary N) is 2. The van der Waals surface area contributed by atoms with Gasteiger partial charge in [0.05, 0.1) is 5.88 Å². The van der Waals surface area contributed by atoms with Crippen LogP contribution in [0.3, 0.4) is 0 Å². The van der Waals surface area contributed by atoms with Gasteiger partial charge in [-0.1, -0.05) is 20.8 Å². The number of carbonyl (C=O) groups excluding carboxylic acids is 3. The van der Waals surface area contributed by atoms with Gasteiger partial charge in [-0.15, -0.1) is 11.8 Å². The minimum atomic E-state index is -0.471. The van der Waals surface area contributed by atoms with E-state index in [1.54, 1.807) is 16.7 Å². The monoisotopic (exact) mass is 343 g/mol. The highest BCUT2D eigenvalue weighted by Gasteiger charge is 2.35. The Balaban J connectivity index is 2.52. The molecular weight excluding hydrogens is 314 g/mol. The van der Waals surface area contributed by atoms with Crippen LogP contribution in [0.5, 0.6) is 0 Å². The van der Waals surface area contributed by atoms with Crippen LogP contribution in [0.1, 0.15) is 48.0 Å². The lowest BCUT2D eigenvalue weighted by atomic mass is 9.96. The maximum absolute atomic E-state index is 12.3. The molecule has 0 saturated carbocycles. The van der Waals surface area contributed by atoms with Crippen LogP contribution >= 0.6 is 11.8 Å². The zero-order chi connectivity index (χ0) is 17.8. The Hall–Kier alpha value is -1.24. The summed E-state index contributed by atoms with van der Waals surface area (Å²) in [5, 5.41) is 5.69. The lowest BCUT2D eigenvalue weighted by Gasteiger charge is -2.28. The maximum atomic E-state index is 12.3. The van der Waals surface area contributed by atoms with Gasteiger partial charge < -0.3 is 15.5 Å². The molecule has 0 radical (unpaired) electrons. The Kier molecular flexibility index (Phi) is 6.50. The maximum Gasteiger partial charge on any atom is 0.244 e. The Labute approximate surface area is 143 Å². The van der Waals surface area contributed by atoms with E-state index >= 15 is 0 Å². The van der Waals surface area contributed by atoms with Crippen LogP contribution in [0.4, 0.5) is 0 Å². The Morgan fingerprint density at radius 1 is 1.13 bits per heavy atom. The quantitative estimate of drug-likeness (QED) is 0.808. The Morgan fingerprint density at radius 2 is 1.74 bits per heavy atom. The van der Waals surface area contributed by atoms with Crippen LogP contribution in [0.2, 0.25) is 0 Å². The number of rotatable bonds is 4. The van der Waals surface area contributed by atoms with E-state index in [1.165, 1.54) is 0 Å². The molecule has 0 aliphatic carbocycles. The summed E-state index contributed by atoms with van der Waals surface area (Å²) in [6.07, 6.45) is 0.210. The molecule has 7 heteroatoms. The fourth-order valence-corrected chi connectivity index (χ4v) is 3.23. The van der Waals surface area contributed by atoms with Crippen molar-refractivity contribution in [3.8, 4) is 0 Å². The van der Waals surface area contributed by atoms with E-state index in [1.807, 2.05) is 41.5 Å². The molecule has 0 aromatic rings. The van der Waals surface area contributed by atoms with Crippen molar-refractivity contribution >= 4 is 29.5 Å². The van der Waals surface area contributed by atoms with Gasteiger partial charge in [-0.25, -0.2) is 0 Å². The highest BCUT2D eigenvalue weighted by molar-refractivity contribution is 7.99. The summed E-state index contributed by atoms with van der Waals surface area (Å²) in [5.41, 5.74) is -0.790. The van der Waals surface area contributed by atoms with Crippen LogP contribution in [-0.4, -0.2) is 52.4 Å². The van der Waals surface area contributed by atoms with Crippen LogP contribution < -0.4 is 10.6 Å². The summed E-state index contributed by atoms with van der Waals surface area (Å²) >= 11 is 1.57. The van der Waals surface area contributed by atoms with Crippen LogP contribution in [-0.2, 0) is 14.4 Å². The number of carbonyl (C=O) groups is 3. The van der Waals surface area contributed by atoms with Gasteiger partial charge in [0.15, 0.2) is 0 Å². The molecule has 132 valence electrons. The summed E-state index contributed by atoms with van der Waals surface area (Å²) in [7, 11) is 0. The van der Waals surface area contributed by atoms with Gasteiger partial charge in [-0.3, -0.25) is 14.4 Å². The highest BCUT2D eigenvalue weighted by atomic mass is 32.2. The first kappa shape index (κ1) is 19.8. The number of nitrogens with zero attached hydrogens (tertiary/aromatic N) is 1. The molecule has 23 heavy (non-hydrogen) atoms. The van der Waals surface area contributed by atoms with Gasteiger partial charge in [0.25, 0.3) is 0 Å². The standard InChI is InChI=1S/C16H29N3O3S/c1-15(2,3)14(22)17-8-7-12(20)19-10-23-9-11(19)13(21)18-16(4,5)6/h11H,7-10H2,1-6H3,(H,17,22)(H,18,21)/t11-/m0/s1. The van der Waals surface area contributed by atoms with Crippen LogP contribution in [0.15, 0.2) is 0 Å². The summed E-state index contributed by atoms with van der Waals surface area (Å²) in [4.78, 5) is 38.0. The normalized spacial score (nSPS) is 18.7. The zero-order valence-corrected chi connectivity index (χ0v) is 15.8. The van der Waals surface area contributed by atoms with Crippen molar-refractivity contribution in [3.63, 3.8) is 0 Å². The average Bonchev–Trinajstić information content (AvgIpc) is 2.84. The first-order valence-corrected chi connectivity index (χ1v) is 9.05. The van der Waals surface area contributed by atoms with Crippen LogP contribution in [0.25, 0.3) is 0 Å². The van der Waals surface area contributed by atoms with E-state index in [-0.39, 0.29) is 29.7 Å². The van der Waals surface area contributed by atoms with Gasteiger partial charge in [0, 0.05) is 29.7 Å². The predicted molar refractivity (Wildman–Crippen MR) is 92.9 cm³/mol. The van der Waals surface area contributed by atoms with E-state index in [0.29, 0.717) is 18.2 Å². The number of thioether (sulfide) groups is 1. The molecule has 1 fully saturated rings. The van der Waals surface area contributed by atoms with E-state index in [0.717, 1.165) is 0 Å². The molecule has 1 aliphatic rings. The smallest absolute Gasteiger partial charge is 0.244 e. The minimum Gasteiger partial charge on any atom is -0.355 e. The van der Waals surface area contributed by atoms with Gasteiger partial charge in [-0.2, -0.15) is 0 Å². The molecule has 0 aromatic heterocycles. The van der Waals surface area contributed by atoms with Crippen molar-refractivity contribution in [2.24, 2.45) is 5.41 Å². The second-order valence-electron chi connectivity index (χ2n) is 7.87. The third-order valence-electron chi connectivity index (χ3n) is 3.31. The summed E-state index contributed by atoms with van der Waals surface area (Å²) in [5.74, 6) is 0.840. The molecule has 0 aromatic carbocycles. The number of hydrogen-bond acceptors (Lipinski definition) is 4. The van der Waals surface area contributed by atoms with Crippen molar-refractivity contribution in [3.05, 3.63) is 0 Å². The molecule has 3 amide bonds. The molecule has 1 atom stereocenters. The van der Waals surface area contributed by atoms with Crippen molar-refractivity contribution in [1.29, 1.82) is 0 Å². The Morgan fingerprint density at radius 3 is 2.26 bits per heavy atom. The fourth-order valence-electron chi connectivity index (χ4n) is 2.05. The van der Waals surface area contributed by atoms with E-state index in [2.05, 4.69) is 10.6 Å². The average molecular weight is 343 g/mol. The second kappa shape index (κ2) is 7.55. The minimum absolute atomic E-state index is 0.0804. The van der Waals surface area contributed by atoms with Crippen LogP contribution in [0, 0.1) is 5.41 Å². The summed E-state index contributed by atoms with van der Waals surface area (Å²) in [6.45, 7) is 11.5. The predicted octanol–water partition coefficient (Wildman–Crippen LogP) is 1.35. The lowest BCUT2D eigenvalue weighted by Crippen LogP contribution is -2.52. The van der Waals surface area contributed by atoms with Crippen molar-refractivity contribution < 1.29 is 14.4 Å². The van der Waals surface area contributed by atoms with E-state index < -0.39 is 11.5 Å². The van der Waals surface area contributed by atoms with Gasteiger partial charge >= 0.3 is 0 Å². The molecule has 6 nitrogen and oxygen atoms in total. The zero-order valence-electron chi connectivity index (χ0n) is 15.0. The SMILES string of the molecule is CC(C)(C)NC(=O)[C@@H]1CSCN1C(=O)CCNC(=O)C(C)(C)C. The van der Waals surface area contributed by atoms with Gasteiger partial charge in [0.2, 0.25) is 17.7 Å². The molecule has 1 saturated heterocycles. The summed E-state index contributed by atoms with van der Waals surface area (Å²) in [6, 6.07) is -0.426. The Bertz CT molecular complexity index is 466. The van der Waals surface area contributed by atoms with Crippen molar-refractivity contribution in [2.45, 2.75) is 59.5 Å². The molecule has 0 unspecified atom stereocenters. The molecule has 1 aliphatic heterocycles. The third-order valence-corrected chi connectivity index (χ3v) is 4.32. The molecule has 2 N–H and O–H groups in total. The molecule has 1 rings (SSSR count). The topological polar surface area (TPSA) is 78.5 Å². The number of hydrogen-bond donors (Lipinski definition) is 2. The summed E-state index contributed by atoms with van der Waals surface area (Å²) < 4.78 is 0. The molecular formula is C16H29N3O3S. The van der Waals surface area contributed by atoms with Gasteiger partial charge in [-0.05, 0) is 20.8 Å². The lowest BCUT2D eigenvalue weighted by molar-refractivity contribution is -0.138. The van der Waals surface area contributed by atoms with Crippen molar-refractivity contribution in [1.82, 2.24) is 15.5 Å². The molecule has 0 spiro atoms. The first-order valence-electron chi connectivity index (χ1n) is 7.89. The van der Waals surface area contributed by atoms with E-state index in [4.69, 9.17) is 0 Å². The molecule has 1 heterocycles. The highest BCUT2D eigenvalue weighted by Crippen LogP contribution is 2.22. The fraction of sp³-hybridized carbons (Fsp3) is 0.812. The molecule has 0 bridgehead atoms. The first-order chi connectivity index (χ1) is 10.4. The van der Waals surface area contributed by atoms with E-state index in [9.17, 15) is 14.4 Å². The second-order valence-corrected chi connectivity index (χ2v) is 8.87. The van der Waals surface area contributed by atoms with Gasteiger partial charge in [0.1, 0.15) is 6.04 Å². The number of amides is 3. The van der Waals surface area contributed by atoms with Crippen molar-refractivity contribution in [2.75, 3.05) is 18.2 Å². The third kappa shape index (κ3) is 6.41. The largest absolute Gasteiger partial charge is 0.355 e.